The number of halogens is 1. The predicted octanol–water partition coefficient (Wildman–Crippen LogP) is 4.08. The summed E-state index contributed by atoms with van der Waals surface area (Å²) in [7, 11) is 0. The number of fused-ring (bicyclic) bond motifs is 1. The Labute approximate surface area is 104 Å². The van der Waals surface area contributed by atoms with E-state index in [9.17, 15) is 4.39 Å². The molecule has 1 heterocycles. The fraction of sp³-hybridized carbons (Fsp3) is 0.143. The lowest BCUT2D eigenvalue weighted by atomic mass is 10.1. The Bertz CT molecular complexity index is 541. The van der Waals surface area contributed by atoms with Crippen LogP contribution in [-0.2, 0) is 0 Å². The van der Waals surface area contributed by atoms with Gasteiger partial charge in [-0.05, 0) is 29.8 Å². The molecule has 1 nitrogen and oxygen atoms in total. The number of para-hydroxylation sites is 1. The molecule has 1 aliphatic heterocycles. The largest absolute Gasteiger partial charge is 0.383 e. The highest BCUT2D eigenvalue weighted by atomic mass is 32.2. The van der Waals surface area contributed by atoms with Crippen LogP contribution >= 0.6 is 11.8 Å². The molecule has 0 radical (unpaired) electrons. The van der Waals surface area contributed by atoms with Gasteiger partial charge in [-0.15, -0.1) is 11.8 Å². The Morgan fingerprint density at radius 1 is 1.12 bits per heavy atom. The third kappa shape index (κ3) is 2.15. The molecule has 0 amide bonds. The van der Waals surface area contributed by atoms with Crippen LogP contribution in [0.1, 0.15) is 10.8 Å². The number of nitrogens with one attached hydrogen (secondary N) is 1. The van der Waals surface area contributed by atoms with Gasteiger partial charge in [0.1, 0.15) is 5.82 Å². The average Bonchev–Trinajstić information content (AvgIpc) is 2.38. The molecule has 0 aliphatic carbocycles. The van der Waals surface area contributed by atoms with Crippen molar-refractivity contribution in [2.75, 3.05) is 11.9 Å². The zero-order chi connectivity index (χ0) is 11.7. The maximum Gasteiger partial charge on any atom is 0.123 e. The molecule has 3 rings (SSSR count). The van der Waals surface area contributed by atoms with Gasteiger partial charge in [0.05, 0.1) is 5.25 Å². The summed E-state index contributed by atoms with van der Waals surface area (Å²) in [6.45, 7) is 0.838. The van der Waals surface area contributed by atoms with Gasteiger partial charge in [-0.1, -0.05) is 24.3 Å². The monoisotopic (exact) mass is 245 g/mol. The highest BCUT2D eigenvalue weighted by Gasteiger charge is 2.20. The molecule has 1 unspecified atom stereocenters. The van der Waals surface area contributed by atoms with Crippen LogP contribution in [0, 0.1) is 5.82 Å². The lowest BCUT2D eigenvalue weighted by molar-refractivity contribution is 0.625. The second-order valence-corrected chi connectivity index (χ2v) is 5.28. The van der Waals surface area contributed by atoms with Crippen LogP contribution in [0.3, 0.4) is 0 Å². The molecule has 17 heavy (non-hydrogen) atoms. The molecule has 0 saturated carbocycles. The van der Waals surface area contributed by atoms with Crippen molar-refractivity contribution in [2.24, 2.45) is 0 Å². The molecule has 1 aliphatic rings. The van der Waals surface area contributed by atoms with Crippen LogP contribution in [0.25, 0.3) is 0 Å². The van der Waals surface area contributed by atoms with E-state index in [1.165, 1.54) is 16.6 Å². The van der Waals surface area contributed by atoms with Crippen molar-refractivity contribution in [3.8, 4) is 0 Å². The van der Waals surface area contributed by atoms with Gasteiger partial charge in [-0.3, -0.25) is 0 Å². The minimum Gasteiger partial charge on any atom is -0.383 e. The van der Waals surface area contributed by atoms with Crippen LogP contribution in [-0.4, -0.2) is 6.54 Å². The highest BCUT2D eigenvalue weighted by molar-refractivity contribution is 7.99. The summed E-state index contributed by atoms with van der Waals surface area (Å²) in [6.07, 6.45) is 0. The van der Waals surface area contributed by atoms with Gasteiger partial charge in [0.15, 0.2) is 0 Å². The molecule has 1 atom stereocenters. The van der Waals surface area contributed by atoms with Crippen LogP contribution in [0.5, 0.6) is 0 Å². The van der Waals surface area contributed by atoms with Gasteiger partial charge < -0.3 is 5.32 Å². The van der Waals surface area contributed by atoms with Gasteiger partial charge in [0.2, 0.25) is 0 Å². The van der Waals surface area contributed by atoms with Gasteiger partial charge in [0.25, 0.3) is 0 Å². The fourth-order valence-electron chi connectivity index (χ4n) is 2.01. The SMILES string of the molecule is Fc1cccc(C2CNc3ccccc3S2)c1. The molecule has 0 fully saturated rings. The molecule has 0 aromatic heterocycles. The maximum absolute atomic E-state index is 13.2. The first-order valence-electron chi connectivity index (χ1n) is 5.58. The summed E-state index contributed by atoms with van der Waals surface area (Å²) in [4.78, 5) is 1.23. The number of anilines is 1. The summed E-state index contributed by atoms with van der Waals surface area (Å²) in [5.74, 6) is -0.165. The Kier molecular flexibility index (Phi) is 2.77. The second-order valence-electron chi connectivity index (χ2n) is 4.04. The summed E-state index contributed by atoms with van der Waals surface area (Å²) in [6, 6.07) is 15.1. The van der Waals surface area contributed by atoms with Crippen LogP contribution in [0.2, 0.25) is 0 Å². The molecular weight excluding hydrogens is 233 g/mol. The number of rotatable bonds is 1. The molecule has 0 bridgehead atoms. The number of benzene rings is 2. The van der Waals surface area contributed by atoms with E-state index in [1.807, 2.05) is 18.2 Å². The Balaban J connectivity index is 1.89. The normalized spacial score (nSPS) is 18.3. The van der Waals surface area contributed by atoms with E-state index < -0.39 is 0 Å². The second kappa shape index (κ2) is 4.41. The Morgan fingerprint density at radius 3 is 2.88 bits per heavy atom. The zero-order valence-electron chi connectivity index (χ0n) is 9.19. The van der Waals surface area contributed by atoms with E-state index >= 15 is 0 Å². The van der Waals surface area contributed by atoms with E-state index in [4.69, 9.17) is 0 Å². The summed E-state index contributed by atoms with van der Waals surface area (Å²) in [5.41, 5.74) is 2.21. The molecule has 0 spiro atoms. The summed E-state index contributed by atoms with van der Waals surface area (Å²) < 4.78 is 13.2. The first-order chi connectivity index (χ1) is 8.33. The van der Waals surface area contributed by atoms with Gasteiger partial charge in [0, 0.05) is 17.1 Å². The van der Waals surface area contributed by atoms with Crippen molar-refractivity contribution in [1.82, 2.24) is 0 Å². The van der Waals surface area contributed by atoms with E-state index in [2.05, 4.69) is 17.4 Å². The van der Waals surface area contributed by atoms with Crippen molar-refractivity contribution in [2.45, 2.75) is 10.1 Å². The summed E-state index contributed by atoms with van der Waals surface area (Å²) in [5, 5.41) is 3.67. The third-order valence-corrected chi connectivity index (χ3v) is 4.19. The van der Waals surface area contributed by atoms with Crippen molar-refractivity contribution in [3.05, 3.63) is 59.9 Å². The van der Waals surface area contributed by atoms with Crippen molar-refractivity contribution < 1.29 is 4.39 Å². The number of hydrogen-bond donors (Lipinski definition) is 1. The first kappa shape index (κ1) is 10.7. The number of hydrogen-bond acceptors (Lipinski definition) is 2. The van der Waals surface area contributed by atoms with Crippen molar-refractivity contribution in [1.29, 1.82) is 0 Å². The first-order valence-corrected chi connectivity index (χ1v) is 6.46. The van der Waals surface area contributed by atoms with Crippen LogP contribution < -0.4 is 5.32 Å². The molecule has 86 valence electrons. The average molecular weight is 245 g/mol. The fourth-order valence-corrected chi connectivity index (χ4v) is 3.19. The zero-order valence-corrected chi connectivity index (χ0v) is 10.0. The molecule has 2 aromatic rings. The highest BCUT2D eigenvalue weighted by Crippen LogP contribution is 2.42. The van der Waals surface area contributed by atoms with Crippen molar-refractivity contribution in [3.63, 3.8) is 0 Å². The molecular formula is C14H12FNS. The predicted molar refractivity (Wildman–Crippen MR) is 69.9 cm³/mol. The van der Waals surface area contributed by atoms with E-state index in [1.54, 1.807) is 23.9 Å². The van der Waals surface area contributed by atoms with Gasteiger partial charge >= 0.3 is 0 Å². The number of thioether (sulfide) groups is 1. The topological polar surface area (TPSA) is 12.0 Å². The van der Waals surface area contributed by atoms with E-state index in [0.29, 0.717) is 0 Å². The van der Waals surface area contributed by atoms with Crippen molar-refractivity contribution >= 4 is 17.4 Å². The molecule has 1 N–H and O–H groups in total. The molecule has 3 heteroatoms. The van der Waals surface area contributed by atoms with E-state index in [0.717, 1.165) is 12.1 Å². The van der Waals surface area contributed by atoms with Crippen LogP contribution in [0.4, 0.5) is 10.1 Å². The quantitative estimate of drug-likeness (QED) is 0.812. The molecule has 2 aromatic carbocycles. The third-order valence-electron chi connectivity index (χ3n) is 2.85. The lowest BCUT2D eigenvalue weighted by Gasteiger charge is -2.25. The Morgan fingerprint density at radius 2 is 2.00 bits per heavy atom. The van der Waals surface area contributed by atoms with E-state index in [-0.39, 0.29) is 11.1 Å². The lowest BCUT2D eigenvalue weighted by Crippen LogP contribution is -2.15. The minimum absolute atomic E-state index is 0.165. The maximum atomic E-state index is 13.2. The Hall–Kier alpha value is -1.48. The molecule has 0 saturated heterocycles. The smallest absolute Gasteiger partial charge is 0.123 e. The minimum atomic E-state index is -0.165. The van der Waals surface area contributed by atoms with Gasteiger partial charge in [-0.25, -0.2) is 4.39 Å². The summed E-state index contributed by atoms with van der Waals surface area (Å²) >= 11 is 1.79. The standard InChI is InChI=1S/C14H12FNS/c15-11-5-3-4-10(8-11)14-9-16-12-6-1-2-7-13(12)17-14/h1-8,14,16H,9H2. The van der Waals surface area contributed by atoms with Crippen LogP contribution in [0.15, 0.2) is 53.4 Å². The van der Waals surface area contributed by atoms with Gasteiger partial charge in [-0.2, -0.15) is 0 Å².